The first kappa shape index (κ1) is 13.7. The summed E-state index contributed by atoms with van der Waals surface area (Å²) in [5.41, 5.74) is 0.571. The Hall–Kier alpha value is -0.400. The van der Waals surface area contributed by atoms with E-state index in [2.05, 4.69) is 41.9 Å². The van der Waals surface area contributed by atoms with Crippen LogP contribution in [0.25, 0.3) is 0 Å². The summed E-state index contributed by atoms with van der Waals surface area (Å²) in [5, 5.41) is 4.36. The van der Waals surface area contributed by atoms with Crippen molar-refractivity contribution in [2.75, 3.05) is 13.7 Å². The van der Waals surface area contributed by atoms with Gasteiger partial charge in [0.1, 0.15) is 4.83 Å². The van der Waals surface area contributed by atoms with E-state index in [-0.39, 0.29) is 12.5 Å². The van der Waals surface area contributed by atoms with Crippen LogP contribution in [0.3, 0.4) is 0 Å². The summed E-state index contributed by atoms with van der Waals surface area (Å²) >= 11 is 7.81. The third-order valence-corrected chi connectivity index (χ3v) is 3.93. The van der Waals surface area contributed by atoms with Crippen LogP contribution in [0.1, 0.15) is 10.4 Å². The van der Waals surface area contributed by atoms with E-state index in [9.17, 15) is 9.59 Å². The van der Waals surface area contributed by atoms with Crippen molar-refractivity contribution in [3.63, 3.8) is 0 Å². The lowest BCUT2D eigenvalue weighted by atomic mass is 10.3. The molecule has 0 radical (unpaired) electrons. The minimum absolute atomic E-state index is 0.193. The first-order chi connectivity index (χ1) is 7.54. The zero-order valence-electron chi connectivity index (χ0n) is 8.33. The van der Waals surface area contributed by atoms with Crippen LogP contribution in [-0.4, -0.2) is 30.4 Å². The van der Waals surface area contributed by atoms with E-state index in [4.69, 9.17) is 0 Å². The van der Waals surface area contributed by atoms with Crippen molar-refractivity contribution in [2.45, 2.75) is 4.83 Å². The van der Waals surface area contributed by atoms with Crippen molar-refractivity contribution in [2.24, 2.45) is 0 Å². The Morgan fingerprint density at radius 1 is 1.62 bits per heavy atom. The van der Waals surface area contributed by atoms with E-state index in [0.29, 0.717) is 5.56 Å². The number of methoxy groups -OCH3 is 1. The summed E-state index contributed by atoms with van der Waals surface area (Å²) in [6.45, 7) is 0.193. The lowest BCUT2D eigenvalue weighted by molar-refractivity contribution is -0.139. The fourth-order valence-electron chi connectivity index (χ4n) is 0.925. The summed E-state index contributed by atoms with van der Waals surface area (Å²) in [5.74, 6) is -0.623. The normalized spacial score (nSPS) is 11.9. The molecule has 0 aromatic carbocycles. The Morgan fingerprint density at radius 2 is 2.31 bits per heavy atom. The van der Waals surface area contributed by atoms with Crippen LogP contribution < -0.4 is 5.32 Å². The van der Waals surface area contributed by atoms with Gasteiger partial charge in [-0.05, 0) is 22.0 Å². The van der Waals surface area contributed by atoms with Crippen molar-refractivity contribution >= 4 is 55.1 Å². The van der Waals surface area contributed by atoms with Gasteiger partial charge in [-0.1, -0.05) is 15.9 Å². The third-order valence-electron chi connectivity index (χ3n) is 1.73. The lowest BCUT2D eigenvalue weighted by Crippen LogP contribution is -2.33. The van der Waals surface area contributed by atoms with E-state index < -0.39 is 10.8 Å². The van der Waals surface area contributed by atoms with Gasteiger partial charge in [-0.3, -0.25) is 9.59 Å². The van der Waals surface area contributed by atoms with E-state index in [1.54, 1.807) is 11.4 Å². The minimum Gasteiger partial charge on any atom is -0.468 e. The molecule has 1 heterocycles. The second-order valence-electron chi connectivity index (χ2n) is 2.84. The summed E-state index contributed by atoms with van der Waals surface area (Å²) in [6.07, 6.45) is 0. The second kappa shape index (κ2) is 6.36. The van der Waals surface area contributed by atoms with Crippen molar-refractivity contribution in [3.8, 4) is 0 Å². The van der Waals surface area contributed by atoms with Gasteiger partial charge in [0, 0.05) is 11.9 Å². The number of nitrogens with one attached hydrogen (secondary N) is 1. The number of esters is 1. The highest BCUT2D eigenvalue weighted by Crippen LogP contribution is 2.20. The third kappa shape index (κ3) is 3.88. The number of carbonyl (C=O) groups excluding carboxylic acids is 2. The highest BCUT2D eigenvalue weighted by atomic mass is 79.9. The maximum Gasteiger partial charge on any atom is 0.321 e. The first-order valence-electron chi connectivity index (χ1n) is 4.28. The Bertz CT molecular complexity index is 394. The molecule has 7 heteroatoms. The molecule has 0 saturated carbocycles. The van der Waals surface area contributed by atoms with Gasteiger partial charge < -0.3 is 10.1 Å². The highest BCUT2D eigenvalue weighted by molar-refractivity contribution is 9.11. The molecule has 0 aliphatic rings. The van der Waals surface area contributed by atoms with Crippen molar-refractivity contribution in [1.29, 1.82) is 0 Å². The van der Waals surface area contributed by atoms with Gasteiger partial charge in [-0.2, -0.15) is 0 Å². The smallest absolute Gasteiger partial charge is 0.321 e. The quantitative estimate of drug-likeness (QED) is 0.652. The molecule has 0 bridgehead atoms. The number of amides is 1. The van der Waals surface area contributed by atoms with Crippen LogP contribution >= 0.6 is 43.2 Å². The molecule has 1 unspecified atom stereocenters. The number of thiophene rings is 1. The number of rotatable bonds is 4. The molecular formula is C9H9Br2NO3S. The zero-order valence-corrected chi connectivity index (χ0v) is 12.3. The molecule has 1 aromatic rings. The van der Waals surface area contributed by atoms with Gasteiger partial charge >= 0.3 is 5.97 Å². The van der Waals surface area contributed by atoms with Gasteiger partial charge in [-0.15, -0.1) is 11.3 Å². The molecule has 1 N–H and O–H groups in total. The predicted octanol–water partition coefficient (Wildman–Crippen LogP) is 2.18. The van der Waals surface area contributed by atoms with Crippen molar-refractivity contribution in [1.82, 2.24) is 5.32 Å². The fraction of sp³-hybridized carbons (Fsp3) is 0.333. The molecular weight excluding hydrogens is 362 g/mol. The van der Waals surface area contributed by atoms with Gasteiger partial charge in [0.15, 0.2) is 0 Å². The number of hydrogen-bond donors (Lipinski definition) is 1. The summed E-state index contributed by atoms with van der Waals surface area (Å²) in [7, 11) is 1.30. The number of ether oxygens (including phenoxy) is 1. The zero-order chi connectivity index (χ0) is 12.1. The van der Waals surface area contributed by atoms with Crippen LogP contribution in [0.4, 0.5) is 0 Å². The predicted molar refractivity (Wildman–Crippen MR) is 69.1 cm³/mol. The highest BCUT2D eigenvalue weighted by Gasteiger charge is 2.16. The maximum atomic E-state index is 11.6. The van der Waals surface area contributed by atoms with Crippen molar-refractivity contribution in [3.05, 3.63) is 20.8 Å². The van der Waals surface area contributed by atoms with Crippen LogP contribution in [0.15, 0.2) is 15.2 Å². The molecule has 0 spiro atoms. The largest absolute Gasteiger partial charge is 0.468 e. The number of halogens is 2. The Morgan fingerprint density at radius 3 is 2.81 bits per heavy atom. The lowest BCUT2D eigenvalue weighted by Gasteiger charge is -2.08. The number of hydrogen-bond acceptors (Lipinski definition) is 4. The monoisotopic (exact) mass is 369 g/mol. The van der Waals surface area contributed by atoms with Crippen LogP contribution in [0, 0.1) is 0 Å². The molecule has 0 aliphatic carbocycles. The van der Waals surface area contributed by atoms with E-state index in [1.165, 1.54) is 18.4 Å². The Kier molecular flexibility index (Phi) is 5.43. The molecule has 4 nitrogen and oxygen atoms in total. The molecule has 1 amide bonds. The Labute approximate surface area is 114 Å². The average Bonchev–Trinajstić information content (AvgIpc) is 2.71. The van der Waals surface area contributed by atoms with Crippen molar-refractivity contribution < 1.29 is 14.3 Å². The molecule has 1 atom stereocenters. The molecule has 1 aromatic heterocycles. The molecule has 88 valence electrons. The minimum atomic E-state index is -0.525. The number of carbonyl (C=O) groups is 2. The van der Waals surface area contributed by atoms with Gasteiger partial charge in [0.2, 0.25) is 0 Å². The van der Waals surface area contributed by atoms with Crippen LogP contribution in [0.2, 0.25) is 0 Å². The fourth-order valence-corrected chi connectivity index (χ4v) is 2.41. The van der Waals surface area contributed by atoms with Gasteiger partial charge in [-0.25, -0.2) is 0 Å². The molecule has 0 aliphatic heterocycles. The van der Waals surface area contributed by atoms with E-state index >= 15 is 0 Å². The summed E-state index contributed by atoms with van der Waals surface area (Å²) in [6, 6.07) is 1.72. The second-order valence-corrected chi connectivity index (χ2v) is 6.24. The summed E-state index contributed by atoms with van der Waals surface area (Å²) < 4.78 is 5.40. The van der Waals surface area contributed by atoms with Crippen LogP contribution in [-0.2, 0) is 9.53 Å². The van der Waals surface area contributed by atoms with E-state index in [0.717, 1.165) is 3.79 Å². The first-order valence-corrected chi connectivity index (χ1v) is 6.87. The Balaban J connectivity index is 2.44. The molecule has 1 rings (SSSR count). The SMILES string of the molecule is COC(=O)C(Br)CNC(=O)c1csc(Br)c1. The van der Waals surface area contributed by atoms with E-state index in [1.807, 2.05) is 0 Å². The molecule has 0 saturated heterocycles. The molecule has 16 heavy (non-hydrogen) atoms. The summed E-state index contributed by atoms with van der Waals surface area (Å²) in [4.78, 5) is 22.1. The maximum absolute atomic E-state index is 11.6. The van der Waals surface area contributed by atoms with Gasteiger partial charge in [0.25, 0.3) is 5.91 Å². The van der Waals surface area contributed by atoms with Gasteiger partial charge in [0.05, 0.1) is 16.5 Å². The average molecular weight is 371 g/mol. The number of alkyl halides is 1. The topological polar surface area (TPSA) is 55.4 Å². The standard InChI is InChI=1S/C9H9Br2NO3S/c1-15-9(14)6(10)3-12-8(13)5-2-7(11)16-4-5/h2,4,6H,3H2,1H3,(H,12,13). The molecule has 0 fully saturated rings. The van der Waals surface area contributed by atoms with Crippen LogP contribution in [0.5, 0.6) is 0 Å².